The van der Waals surface area contributed by atoms with Crippen LogP contribution in [0.2, 0.25) is 0 Å². The number of hydrogen-bond acceptors (Lipinski definition) is 7. The van der Waals surface area contributed by atoms with Gasteiger partial charge in [0.15, 0.2) is 0 Å². The first-order valence-corrected chi connectivity index (χ1v) is 7.50. The van der Waals surface area contributed by atoms with Crippen LogP contribution in [0.4, 0.5) is 5.69 Å². The molecule has 1 aliphatic rings. The topological polar surface area (TPSA) is 122 Å². The molecule has 1 aromatic carbocycles. The molecular weight excluding hydrogens is 326 g/mol. The van der Waals surface area contributed by atoms with Gasteiger partial charge in [-0.3, -0.25) is 14.9 Å². The number of benzene rings is 1. The highest BCUT2D eigenvalue weighted by Crippen LogP contribution is 2.21. The molecule has 2 aromatic rings. The van der Waals surface area contributed by atoms with Crippen LogP contribution < -0.4 is 4.74 Å². The summed E-state index contributed by atoms with van der Waals surface area (Å²) in [6.07, 6.45) is 3.09. The lowest BCUT2D eigenvalue weighted by Gasteiger charge is -2.17. The highest BCUT2D eigenvalue weighted by Gasteiger charge is 2.29. The van der Waals surface area contributed by atoms with E-state index in [-0.39, 0.29) is 34.8 Å². The van der Waals surface area contributed by atoms with Crippen molar-refractivity contribution in [2.75, 3.05) is 13.1 Å². The summed E-state index contributed by atoms with van der Waals surface area (Å²) in [6.45, 7) is 0.761. The minimum Gasteiger partial charge on any atom is -0.470 e. The molecule has 25 heavy (non-hydrogen) atoms. The Labute approximate surface area is 142 Å². The SMILES string of the molecule is N#Cc1nccnc1OC1CCN(C(=O)c2cccc([N+](=O)[O-])c2)C1. The molecular formula is C16H13N5O4. The molecule has 0 spiro atoms. The maximum absolute atomic E-state index is 12.5. The summed E-state index contributed by atoms with van der Waals surface area (Å²) in [7, 11) is 0. The van der Waals surface area contributed by atoms with Crippen molar-refractivity contribution in [3.63, 3.8) is 0 Å². The molecule has 1 amide bonds. The van der Waals surface area contributed by atoms with Crippen molar-refractivity contribution < 1.29 is 14.5 Å². The van der Waals surface area contributed by atoms with Gasteiger partial charge in [-0.2, -0.15) is 5.26 Å². The van der Waals surface area contributed by atoms with Crippen molar-refractivity contribution in [2.24, 2.45) is 0 Å². The maximum Gasteiger partial charge on any atom is 0.270 e. The number of rotatable bonds is 4. The van der Waals surface area contributed by atoms with Crippen LogP contribution in [0.1, 0.15) is 22.5 Å². The van der Waals surface area contributed by atoms with E-state index in [2.05, 4.69) is 9.97 Å². The fraction of sp³-hybridized carbons (Fsp3) is 0.250. The zero-order valence-electron chi connectivity index (χ0n) is 13.0. The quantitative estimate of drug-likeness (QED) is 0.611. The zero-order valence-corrected chi connectivity index (χ0v) is 13.0. The Morgan fingerprint density at radius 2 is 2.20 bits per heavy atom. The van der Waals surface area contributed by atoms with Gasteiger partial charge >= 0.3 is 0 Å². The van der Waals surface area contributed by atoms with Gasteiger partial charge in [-0.1, -0.05) is 6.07 Å². The molecule has 0 aliphatic carbocycles. The summed E-state index contributed by atoms with van der Waals surface area (Å²) in [6, 6.07) is 7.52. The number of amides is 1. The van der Waals surface area contributed by atoms with Gasteiger partial charge in [0.25, 0.3) is 17.5 Å². The van der Waals surface area contributed by atoms with E-state index in [1.54, 1.807) is 11.0 Å². The Hall–Kier alpha value is -3.54. The van der Waals surface area contributed by atoms with Crippen molar-refractivity contribution in [3.8, 4) is 11.9 Å². The predicted octanol–water partition coefficient (Wildman–Crippen LogP) is 1.55. The van der Waals surface area contributed by atoms with Crippen molar-refractivity contribution in [3.05, 3.63) is 58.0 Å². The Bertz CT molecular complexity index is 864. The van der Waals surface area contributed by atoms with E-state index in [4.69, 9.17) is 10.00 Å². The first kappa shape index (κ1) is 16.3. The summed E-state index contributed by atoms with van der Waals surface area (Å²) >= 11 is 0. The first-order chi connectivity index (χ1) is 12.1. The molecule has 126 valence electrons. The number of aromatic nitrogens is 2. The van der Waals surface area contributed by atoms with E-state index in [0.29, 0.717) is 19.5 Å². The van der Waals surface area contributed by atoms with Gasteiger partial charge in [0, 0.05) is 43.1 Å². The predicted molar refractivity (Wildman–Crippen MR) is 84.8 cm³/mol. The standard InChI is InChI=1S/C16H13N5O4/c17-9-14-15(19-6-5-18-14)25-13-4-7-20(10-13)16(22)11-2-1-3-12(8-11)21(23)24/h1-3,5-6,8,13H,4,7,10H2. The molecule has 0 N–H and O–H groups in total. The highest BCUT2D eigenvalue weighted by atomic mass is 16.6. The monoisotopic (exact) mass is 339 g/mol. The summed E-state index contributed by atoms with van der Waals surface area (Å²) in [5.74, 6) is -0.158. The Morgan fingerprint density at radius 1 is 1.40 bits per heavy atom. The first-order valence-electron chi connectivity index (χ1n) is 7.50. The average Bonchev–Trinajstić information content (AvgIpc) is 3.10. The van der Waals surface area contributed by atoms with E-state index in [9.17, 15) is 14.9 Å². The van der Waals surface area contributed by atoms with E-state index in [1.807, 2.05) is 6.07 Å². The summed E-state index contributed by atoms with van der Waals surface area (Å²) in [5, 5.41) is 19.8. The Balaban J connectivity index is 1.68. The Kier molecular flexibility index (Phi) is 4.52. The number of nitro groups is 1. The number of nitrogens with zero attached hydrogens (tertiary/aromatic N) is 5. The van der Waals surface area contributed by atoms with Crippen LogP contribution in [0, 0.1) is 21.4 Å². The second kappa shape index (κ2) is 6.92. The third-order valence-corrected chi connectivity index (χ3v) is 3.79. The molecule has 1 aliphatic heterocycles. The molecule has 1 aromatic heterocycles. The number of likely N-dealkylation sites (tertiary alicyclic amines) is 1. The van der Waals surface area contributed by atoms with Gasteiger partial charge in [-0.25, -0.2) is 9.97 Å². The number of non-ortho nitro benzene ring substituents is 1. The number of carbonyl (C=O) groups is 1. The molecule has 1 atom stereocenters. The minimum atomic E-state index is -0.538. The fourth-order valence-corrected chi connectivity index (χ4v) is 2.59. The molecule has 3 rings (SSSR count). The second-order valence-electron chi connectivity index (χ2n) is 5.41. The van der Waals surface area contributed by atoms with Gasteiger partial charge in [0.05, 0.1) is 11.5 Å². The normalized spacial score (nSPS) is 16.3. The van der Waals surface area contributed by atoms with Crippen LogP contribution in [-0.2, 0) is 0 Å². The van der Waals surface area contributed by atoms with Crippen LogP contribution in [-0.4, -0.2) is 44.9 Å². The largest absolute Gasteiger partial charge is 0.470 e. The molecule has 9 nitrogen and oxygen atoms in total. The molecule has 2 heterocycles. The Morgan fingerprint density at radius 3 is 2.96 bits per heavy atom. The number of nitriles is 1. The van der Waals surface area contributed by atoms with Crippen molar-refractivity contribution in [1.82, 2.24) is 14.9 Å². The second-order valence-corrected chi connectivity index (χ2v) is 5.41. The minimum absolute atomic E-state index is 0.0889. The number of nitro benzene ring substituents is 1. The fourth-order valence-electron chi connectivity index (χ4n) is 2.59. The van der Waals surface area contributed by atoms with Crippen LogP contribution in [0.3, 0.4) is 0 Å². The smallest absolute Gasteiger partial charge is 0.270 e. The molecule has 0 saturated carbocycles. The third kappa shape index (κ3) is 3.53. The summed E-state index contributed by atoms with van der Waals surface area (Å²) in [5.41, 5.74) is 0.217. The van der Waals surface area contributed by atoms with Gasteiger partial charge in [-0.05, 0) is 6.07 Å². The van der Waals surface area contributed by atoms with Gasteiger partial charge in [0.2, 0.25) is 5.69 Å². The molecule has 1 saturated heterocycles. The van der Waals surface area contributed by atoms with Crippen molar-refractivity contribution in [2.45, 2.75) is 12.5 Å². The van der Waals surface area contributed by atoms with Crippen LogP contribution in [0.5, 0.6) is 5.88 Å². The maximum atomic E-state index is 12.5. The van der Waals surface area contributed by atoms with E-state index in [0.717, 1.165) is 0 Å². The molecule has 9 heteroatoms. The summed E-state index contributed by atoms with van der Waals surface area (Å²) in [4.78, 5) is 32.2. The average molecular weight is 339 g/mol. The molecule has 0 bridgehead atoms. The van der Waals surface area contributed by atoms with Gasteiger partial charge in [-0.15, -0.1) is 0 Å². The van der Waals surface area contributed by atoms with E-state index in [1.165, 1.54) is 30.6 Å². The number of carbonyl (C=O) groups excluding carboxylic acids is 1. The molecule has 1 fully saturated rings. The van der Waals surface area contributed by atoms with Crippen LogP contribution in [0.15, 0.2) is 36.7 Å². The highest BCUT2D eigenvalue weighted by molar-refractivity contribution is 5.95. The van der Waals surface area contributed by atoms with E-state index >= 15 is 0 Å². The van der Waals surface area contributed by atoms with Gasteiger partial charge in [0.1, 0.15) is 12.2 Å². The number of ether oxygens (including phenoxy) is 1. The summed E-state index contributed by atoms with van der Waals surface area (Å²) < 4.78 is 5.68. The van der Waals surface area contributed by atoms with Crippen LogP contribution in [0.25, 0.3) is 0 Å². The number of hydrogen-bond donors (Lipinski definition) is 0. The molecule has 0 radical (unpaired) electrons. The zero-order chi connectivity index (χ0) is 17.8. The lowest BCUT2D eigenvalue weighted by molar-refractivity contribution is -0.384. The van der Waals surface area contributed by atoms with Crippen LogP contribution >= 0.6 is 0 Å². The van der Waals surface area contributed by atoms with Gasteiger partial charge < -0.3 is 9.64 Å². The molecule has 1 unspecified atom stereocenters. The third-order valence-electron chi connectivity index (χ3n) is 3.79. The lowest BCUT2D eigenvalue weighted by atomic mass is 10.2. The van der Waals surface area contributed by atoms with Crippen molar-refractivity contribution in [1.29, 1.82) is 5.26 Å². The van der Waals surface area contributed by atoms with E-state index < -0.39 is 4.92 Å². The lowest BCUT2D eigenvalue weighted by Crippen LogP contribution is -2.31. The van der Waals surface area contributed by atoms with Crippen molar-refractivity contribution >= 4 is 11.6 Å².